The van der Waals surface area contributed by atoms with E-state index in [4.69, 9.17) is 4.74 Å². The van der Waals surface area contributed by atoms with Crippen LogP contribution in [0.2, 0.25) is 0 Å². The number of carbonyl (C=O) groups is 1. The van der Waals surface area contributed by atoms with Gasteiger partial charge in [-0.25, -0.2) is 0 Å². The van der Waals surface area contributed by atoms with Crippen molar-refractivity contribution in [1.29, 1.82) is 0 Å². The summed E-state index contributed by atoms with van der Waals surface area (Å²) in [6, 6.07) is 16.5. The normalized spacial score (nSPS) is 17.9. The highest BCUT2D eigenvalue weighted by molar-refractivity contribution is 5.79. The number of ether oxygens (including phenoxy) is 1. The Morgan fingerprint density at radius 2 is 1.68 bits per heavy atom. The quantitative estimate of drug-likeness (QED) is 0.805. The molecule has 2 aromatic carbocycles. The fourth-order valence-corrected chi connectivity index (χ4v) is 4.19. The Balaban J connectivity index is 1.44. The van der Waals surface area contributed by atoms with Gasteiger partial charge >= 0.3 is 0 Å². The van der Waals surface area contributed by atoms with Gasteiger partial charge in [-0.3, -0.25) is 9.69 Å². The molecule has 0 saturated carbocycles. The van der Waals surface area contributed by atoms with Gasteiger partial charge in [0.25, 0.3) is 0 Å². The molecule has 1 fully saturated rings. The average Bonchev–Trinajstić information content (AvgIpc) is 3.09. The van der Waals surface area contributed by atoms with E-state index in [1.807, 2.05) is 35.2 Å². The maximum atomic E-state index is 12.8. The summed E-state index contributed by atoms with van der Waals surface area (Å²) in [5.41, 5.74) is 3.51. The van der Waals surface area contributed by atoms with E-state index >= 15 is 0 Å². The lowest BCUT2D eigenvalue weighted by molar-refractivity contribution is -0.131. The first-order chi connectivity index (χ1) is 13.8. The van der Waals surface area contributed by atoms with Crippen LogP contribution in [-0.4, -0.2) is 41.9 Å². The molecular formula is C24H30N2O2. The van der Waals surface area contributed by atoms with Crippen LogP contribution in [-0.2, 0) is 24.3 Å². The van der Waals surface area contributed by atoms with E-state index < -0.39 is 0 Å². The SMILES string of the molecule is O=C(Cc1ccccc1)N1CCOc2ccc(CN3CCCCCC3)cc2C1. The Morgan fingerprint density at radius 1 is 0.893 bits per heavy atom. The van der Waals surface area contributed by atoms with Gasteiger partial charge in [0.05, 0.1) is 13.0 Å². The number of benzene rings is 2. The Hall–Kier alpha value is -2.33. The first-order valence-electron chi connectivity index (χ1n) is 10.6. The van der Waals surface area contributed by atoms with Gasteiger partial charge in [0, 0.05) is 18.7 Å². The van der Waals surface area contributed by atoms with Crippen molar-refractivity contribution in [3.05, 3.63) is 65.2 Å². The van der Waals surface area contributed by atoms with Crippen molar-refractivity contribution in [2.24, 2.45) is 0 Å². The Kier molecular flexibility index (Phi) is 6.27. The molecule has 1 saturated heterocycles. The van der Waals surface area contributed by atoms with Crippen LogP contribution in [0, 0.1) is 0 Å². The van der Waals surface area contributed by atoms with Crippen LogP contribution in [0.4, 0.5) is 0 Å². The van der Waals surface area contributed by atoms with E-state index in [9.17, 15) is 4.79 Å². The number of hydrogen-bond acceptors (Lipinski definition) is 3. The number of hydrogen-bond donors (Lipinski definition) is 0. The molecule has 0 atom stereocenters. The van der Waals surface area contributed by atoms with E-state index in [1.54, 1.807) is 0 Å². The predicted octanol–water partition coefficient (Wildman–Crippen LogP) is 4.03. The van der Waals surface area contributed by atoms with E-state index in [1.165, 1.54) is 44.3 Å². The summed E-state index contributed by atoms with van der Waals surface area (Å²) < 4.78 is 5.94. The molecule has 0 aromatic heterocycles. The van der Waals surface area contributed by atoms with Gasteiger partial charge in [-0.15, -0.1) is 0 Å². The highest BCUT2D eigenvalue weighted by Gasteiger charge is 2.21. The summed E-state index contributed by atoms with van der Waals surface area (Å²) in [5.74, 6) is 1.09. The maximum absolute atomic E-state index is 12.8. The summed E-state index contributed by atoms with van der Waals surface area (Å²) in [6.45, 7) is 5.20. The van der Waals surface area contributed by atoms with Crippen molar-refractivity contribution in [3.63, 3.8) is 0 Å². The summed E-state index contributed by atoms with van der Waals surface area (Å²) >= 11 is 0. The third kappa shape index (κ3) is 4.93. The Labute approximate surface area is 168 Å². The number of carbonyl (C=O) groups excluding carboxylic acids is 1. The minimum absolute atomic E-state index is 0.167. The number of amides is 1. The zero-order valence-electron chi connectivity index (χ0n) is 16.6. The molecule has 2 aromatic rings. The zero-order chi connectivity index (χ0) is 19.2. The molecule has 2 aliphatic heterocycles. The van der Waals surface area contributed by atoms with Gasteiger partial charge in [-0.1, -0.05) is 49.2 Å². The minimum atomic E-state index is 0.167. The summed E-state index contributed by atoms with van der Waals surface area (Å²) in [7, 11) is 0. The average molecular weight is 379 g/mol. The summed E-state index contributed by atoms with van der Waals surface area (Å²) in [6.07, 6.45) is 5.76. The Bertz CT molecular complexity index is 782. The molecule has 2 aliphatic rings. The van der Waals surface area contributed by atoms with Gasteiger partial charge in [0.15, 0.2) is 0 Å². The van der Waals surface area contributed by atoms with Crippen molar-refractivity contribution in [2.75, 3.05) is 26.2 Å². The smallest absolute Gasteiger partial charge is 0.227 e. The molecule has 0 aliphatic carbocycles. The van der Waals surface area contributed by atoms with Crippen molar-refractivity contribution < 1.29 is 9.53 Å². The van der Waals surface area contributed by atoms with Gasteiger partial charge in [-0.05, 0) is 49.2 Å². The zero-order valence-corrected chi connectivity index (χ0v) is 16.6. The molecule has 4 heteroatoms. The third-order valence-corrected chi connectivity index (χ3v) is 5.76. The van der Waals surface area contributed by atoms with Crippen LogP contribution in [0.25, 0.3) is 0 Å². The topological polar surface area (TPSA) is 32.8 Å². The van der Waals surface area contributed by atoms with Crippen LogP contribution >= 0.6 is 0 Å². The molecule has 0 N–H and O–H groups in total. The monoisotopic (exact) mass is 378 g/mol. The van der Waals surface area contributed by atoms with Crippen molar-refractivity contribution >= 4 is 5.91 Å². The minimum Gasteiger partial charge on any atom is -0.491 e. The van der Waals surface area contributed by atoms with Crippen LogP contribution in [0.1, 0.15) is 42.4 Å². The van der Waals surface area contributed by atoms with Crippen LogP contribution in [0.15, 0.2) is 48.5 Å². The molecular weight excluding hydrogens is 348 g/mol. The van der Waals surface area contributed by atoms with Gasteiger partial charge in [0.1, 0.15) is 12.4 Å². The molecule has 0 bridgehead atoms. The van der Waals surface area contributed by atoms with Crippen LogP contribution in [0.3, 0.4) is 0 Å². The highest BCUT2D eigenvalue weighted by Crippen LogP contribution is 2.26. The Morgan fingerprint density at radius 3 is 2.46 bits per heavy atom. The van der Waals surface area contributed by atoms with Gasteiger partial charge in [-0.2, -0.15) is 0 Å². The molecule has 2 heterocycles. The second-order valence-corrected chi connectivity index (χ2v) is 7.96. The maximum Gasteiger partial charge on any atom is 0.227 e. The van der Waals surface area contributed by atoms with Crippen molar-refractivity contribution in [2.45, 2.75) is 45.2 Å². The van der Waals surface area contributed by atoms with E-state index in [-0.39, 0.29) is 5.91 Å². The first kappa shape index (κ1) is 19.0. The number of nitrogens with zero attached hydrogens (tertiary/aromatic N) is 2. The molecule has 28 heavy (non-hydrogen) atoms. The molecule has 1 amide bonds. The van der Waals surface area contributed by atoms with Crippen LogP contribution < -0.4 is 4.74 Å². The van der Waals surface area contributed by atoms with Crippen LogP contribution in [0.5, 0.6) is 5.75 Å². The molecule has 0 spiro atoms. The number of likely N-dealkylation sites (tertiary alicyclic amines) is 1. The summed E-state index contributed by atoms with van der Waals surface area (Å²) in [4.78, 5) is 17.3. The molecule has 4 nitrogen and oxygen atoms in total. The molecule has 0 unspecified atom stereocenters. The molecule has 148 valence electrons. The first-order valence-corrected chi connectivity index (χ1v) is 10.6. The lowest BCUT2D eigenvalue weighted by atomic mass is 10.1. The highest BCUT2D eigenvalue weighted by atomic mass is 16.5. The standard InChI is InChI=1S/C24H30N2O2/c27-24(17-20-8-4-3-5-9-20)26-14-15-28-23-11-10-21(16-22(23)19-26)18-25-12-6-1-2-7-13-25/h3-5,8-11,16H,1-2,6-7,12-15,17-19H2. The lowest BCUT2D eigenvalue weighted by Crippen LogP contribution is -2.33. The van der Waals surface area contributed by atoms with Gasteiger partial charge in [0.2, 0.25) is 5.91 Å². The number of rotatable bonds is 4. The fraction of sp³-hybridized carbons (Fsp3) is 0.458. The fourth-order valence-electron chi connectivity index (χ4n) is 4.19. The van der Waals surface area contributed by atoms with Crippen molar-refractivity contribution in [1.82, 2.24) is 9.80 Å². The molecule has 4 rings (SSSR count). The number of fused-ring (bicyclic) bond motifs is 1. The van der Waals surface area contributed by atoms with Gasteiger partial charge < -0.3 is 9.64 Å². The largest absolute Gasteiger partial charge is 0.491 e. The molecule has 0 radical (unpaired) electrons. The van der Waals surface area contributed by atoms with E-state index in [2.05, 4.69) is 23.1 Å². The second kappa shape index (κ2) is 9.24. The second-order valence-electron chi connectivity index (χ2n) is 7.96. The van der Waals surface area contributed by atoms with E-state index in [0.717, 1.165) is 23.4 Å². The van der Waals surface area contributed by atoms with E-state index in [0.29, 0.717) is 26.1 Å². The summed E-state index contributed by atoms with van der Waals surface area (Å²) in [5, 5.41) is 0. The lowest BCUT2D eigenvalue weighted by Gasteiger charge is -2.22. The van der Waals surface area contributed by atoms with Crippen molar-refractivity contribution in [3.8, 4) is 5.75 Å². The predicted molar refractivity (Wildman–Crippen MR) is 111 cm³/mol. The third-order valence-electron chi connectivity index (χ3n) is 5.76.